The lowest BCUT2D eigenvalue weighted by molar-refractivity contribution is -0.127. The summed E-state index contributed by atoms with van der Waals surface area (Å²) in [6.07, 6.45) is 3.34. The van der Waals surface area contributed by atoms with Gasteiger partial charge in [-0.1, -0.05) is 13.8 Å². The molecule has 0 aromatic carbocycles. The molecule has 26 heavy (non-hydrogen) atoms. The van der Waals surface area contributed by atoms with E-state index in [9.17, 15) is 4.79 Å². The Labute approximate surface area is 176 Å². The highest BCUT2D eigenvalue weighted by atomic mass is 127. The number of likely N-dealkylation sites (N-methyl/N-ethyl adjacent to an activating group) is 1. The molecule has 154 valence electrons. The number of amides is 1. The van der Waals surface area contributed by atoms with Crippen molar-refractivity contribution < 1.29 is 9.53 Å². The Balaban J connectivity index is 0.00000625. The summed E-state index contributed by atoms with van der Waals surface area (Å²) in [6, 6.07) is 0. The van der Waals surface area contributed by atoms with Gasteiger partial charge in [-0.2, -0.15) is 0 Å². The molecule has 0 unspecified atom stereocenters. The van der Waals surface area contributed by atoms with Gasteiger partial charge in [-0.25, -0.2) is 4.99 Å². The summed E-state index contributed by atoms with van der Waals surface area (Å²) >= 11 is 0. The molecule has 0 aromatic rings. The van der Waals surface area contributed by atoms with Crippen molar-refractivity contribution in [3.8, 4) is 0 Å². The van der Waals surface area contributed by atoms with E-state index in [-0.39, 0.29) is 36.4 Å². The van der Waals surface area contributed by atoms with Crippen LogP contribution in [-0.2, 0) is 9.53 Å². The minimum Gasteiger partial charge on any atom is -0.379 e. The van der Waals surface area contributed by atoms with Crippen LogP contribution in [0.4, 0.5) is 0 Å². The monoisotopic (exact) mass is 483 g/mol. The number of carbonyl (C=O) groups excluding carboxylic acids is 1. The van der Waals surface area contributed by atoms with Crippen molar-refractivity contribution in [2.75, 3.05) is 66.6 Å². The number of nitrogens with one attached hydrogen (secondary N) is 2. The van der Waals surface area contributed by atoms with Crippen molar-refractivity contribution in [1.29, 1.82) is 0 Å². The molecule has 1 amide bonds. The summed E-state index contributed by atoms with van der Waals surface area (Å²) in [5.41, 5.74) is 0. The first-order valence-corrected chi connectivity index (χ1v) is 9.51. The molecular weight excluding hydrogens is 445 g/mol. The minimum atomic E-state index is 0. The number of halogens is 1. The highest BCUT2D eigenvalue weighted by Gasteiger charge is 2.09. The van der Waals surface area contributed by atoms with E-state index in [1.807, 2.05) is 0 Å². The molecule has 0 radical (unpaired) electrons. The maximum atomic E-state index is 11.7. The fourth-order valence-electron chi connectivity index (χ4n) is 2.51. The molecule has 1 aliphatic rings. The van der Waals surface area contributed by atoms with E-state index in [0.29, 0.717) is 5.92 Å². The van der Waals surface area contributed by atoms with Crippen molar-refractivity contribution in [3.05, 3.63) is 0 Å². The van der Waals surface area contributed by atoms with Crippen LogP contribution in [0.5, 0.6) is 0 Å². The van der Waals surface area contributed by atoms with E-state index in [0.717, 1.165) is 64.7 Å². The van der Waals surface area contributed by atoms with Crippen molar-refractivity contribution in [1.82, 2.24) is 20.4 Å². The largest absolute Gasteiger partial charge is 0.379 e. The van der Waals surface area contributed by atoms with E-state index in [4.69, 9.17) is 4.74 Å². The van der Waals surface area contributed by atoms with Crippen molar-refractivity contribution in [3.63, 3.8) is 0 Å². The highest BCUT2D eigenvalue weighted by molar-refractivity contribution is 14.0. The number of hydrogen-bond acceptors (Lipinski definition) is 4. The first kappa shape index (κ1) is 25.4. The molecule has 0 aromatic heterocycles. The van der Waals surface area contributed by atoms with Gasteiger partial charge in [0.2, 0.25) is 5.91 Å². The summed E-state index contributed by atoms with van der Waals surface area (Å²) in [6.45, 7) is 11.1. The maximum Gasteiger partial charge on any atom is 0.243 e. The SMILES string of the molecule is CC(C)CCCNC(=NCC(=O)N(C)C)NCCCN1CCOCC1.I. The van der Waals surface area contributed by atoms with Crippen LogP contribution in [0, 0.1) is 5.92 Å². The number of nitrogens with zero attached hydrogens (tertiary/aromatic N) is 3. The molecule has 0 aliphatic carbocycles. The second kappa shape index (κ2) is 15.4. The van der Waals surface area contributed by atoms with Gasteiger partial charge in [-0.15, -0.1) is 24.0 Å². The normalized spacial score (nSPS) is 15.5. The molecule has 2 N–H and O–H groups in total. The molecule has 0 bridgehead atoms. The van der Waals surface area contributed by atoms with Gasteiger partial charge >= 0.3 is 0 Å². The van der Waals surface area contributed by atoms with Gasteiger partial charge in [0.05, 0.1) is 13.2 Å². The zero-order chi connectivity index (χ0) is 18.5. The summed E-state index contributed by atoms with van der Waals surface area (Å²) in [4.78, 5) is 20.2. The summed E-state index contributed by atoms with van der Waals surface area (Å²) in [7, 11) is 3.51. The molecule has 0 atom stereocenters. The van der Waals surface area contributed by atoms with Gasteiger partial charge in [0, 0.05) is 40.3 Å². The molecule has 1 saturated heterocycles. The lowest BCUT2D eigenvalue weighted by atomic mass is 10.1. The first-order valence-electron chi connectivity index (χ1n) is 9.51. The zero-order valence-corrected chi connectivity index (χ0v) is 19.3. The molecule has 1 heterocycles. The Morgan fingerprint density at radius 1 is 1.15 bits per heavy atom. The Bertz CT molecular complexity index is 399. The average molecular weight is 483 g/mol. The molecule has 7 nitrogen and oxygen atoms in total. The lowest BCUT2D eigenvalue weighted by Crippen LogP contribution is -2.41. The van der Waals surface area contributed by atoms with Crippen LogP contribution in [-0.4, -0.2) is 88.2 Å². The number of carbonyl (C=O) groups is 1. The fraction of sp³-hybridized carbons (Fsp3) is 0.889. The number of aliphatic imine (C=N–C) groups is 1. The fourth-order valence-corrected chi connectivity index (χ4v) is 2.51. The predicted molar refractivity (Wildman–Crippen MR) is 118 cm³/mol. The topological polar surface area (TPSA) is 69.2 Å². The quantitative estimate of drug-likeness (QED) is 0.213. The van der Waals surface area contributed by atoms with Crippen LogP contribution in [0.3, 0.4) is 0 Å². The van der Waals surface area contributed by atoms with Crippen molar-refractivity contribution >= 4 is 35.8 Å². The molecular formula is C18H38IN5O2. The van der Waals surface area contributed by atoms with Gasteiger partial charge in [-0.3, -0.25) is 9.69 Å². The van der Waals surface area contributed by atoms with E-state index < -0.39 is 0 Å². The van der Waals surface area contributed by atoms with Crippen LogP contribution >= 0.6 is 24.0 Å². The third-order valence-electron chi connectivity index (χ3n) is 4.17. The Hall–Kier alpha value is -0.610. The summed E-state index contributed by atoms with van der Waals surface area (Å²) in [5.74, 6) is 1.46. The predicted octanol–water partition coefficient (Wildman–Crippen LogP) is 1.39. The van der Waals surface area contributed by atoms with Crippen LogP contribution in [0.2, 0.25) is 0 Å². The summed E-state index contributed by atoms with van der Waals surface area (Å²) < 4.78 is 5.37. The molecule has 8 heteroatoms. The number of ether oxygens (including phenoxy) is 1. The van der Waals surface area contributed by atoms with Crippen LogP contribution in [0.15, 0.2) is 4.99 Å². The van der Waals surface area contributed by atoms with E-state index in [1.54, 1.807) is 19.0 Å². The van der Waals surface area contributed by atoms with E-state index >= 15 is 0 Å². The summed E-state index contributed by atoms with van der Waals surface area (Å²) in [5, 5.41) is 6.69. The minimum absolute atomic E-state index is 0. The first-order chi connectivity index (χ1) is 12.0. The number of guanidine groups is 1. The van der Waals surface area contributed by atoms with Crippen molar-refractivity contribution in [2.24, 2.45) is 10.9 Å². The third-order valence-corrected chi connectivity index (χ3v) is 4.17. The number of morpholine rings is 1. The van der Waals surface area contributed by atoms with E-state index in [1.165, 1.54) is 6.42 Å². The third kappa shape index (κ3) is 12.7. The average Bonchev–Trinajstić information content (AvgIpc) is 2.59. The Kier molecular flexibility index (Phi) is 15.1. The molecule has 0 spiro atoms. The molecule has 1 rings (SSSR count). The standard InChI is InChI=1S/C18H37N5O2.HI/c1-16(2)7-5-8-19-18(21-15-17(24)22(3)4)20-9-6-10-23-11-13-25-14-12-23;/h16H,5-15H2,1-4H3,(H2,19,20,21);1H. The molecule has 1 aliphatic heterocycles. The van der Waals surface area contributed by atoms with Gasteiger partial charge < -0.3 is 20.3 Å². The Morgan fingerprint density at radius 3 is 2.35 bits per heavy atom. The molecule has 0 saturated carbocycles. The van der Waals surface area contributed by atoms with Crippen LogP contribution < -0.4 is 10.6 Å². The Morgan fingerprint density at radius 2 is 1.77 bits per heavy atom. The number of rotatable bonds is 10. The van der Waals surface area contributed by atoms with Crippen LogP contribution in [0.25, 0.3) is 0 Å². The van der Waals surface area contributed by atoms with Crippen LogP contribution in [0.1, 0.15) is 33.1 Å². The van der Waals surface area contributed by atoms with Crippen molar-refractivity contribution in [2.45, 2.75) is 33.1 Å². The van der Waals surface area contributed by atoms with Gasteiger partial charge in [0.15, 0.2) is 5.96 Å². The van der Waals surface area contributed by atoms with Gasteiger partial charge in [-0.05, 0) is 31.7 Å². The highest BCUT2D eigenvalue weighted by Crippen LogP contribution is 2.01. The second-order valence-corrected chi connectivity index (χ2v) is 7.15. The maximum absolute atomic E-state index is 11.7. The lowest BCUT2D eigenvalue weighted by Gasteiger charge is -2.26. The zero-order valence-electron chi connectivity index (χ0n) is 16.9. The van der Waals surface area contributed by atoms with E-state index in [2.05, 4.69) is 34.4 Å². The second-order valence-electron chi connectivity index (χ2n) is 7.15. The van der Waals surface area contributed by atoms with Gasteiger partial charge in [0.1, 0.15) is 6.54 Å². The number of hydrogen-bond donors (Lipinski definition) is 2. The smallest absolute Gasteiger partial charge is 0.243 e. The van der Waals surface area contributed by atoms with Gasteiger partial charge in [0.25, 0.3) is 0 Å². The molecule has 1 fully saturated rings.